The van der Waals surface area contributed by atoms with Crippen LogP contribution in [0.2, 0.25) is 0 Å². The van der Waals surface area contributed by atoms with E-state index >= 15 is 0 Å². The van der Waals surface area contributed by atoms with Crippen LogP contribution in [0.1, 0.15) is 86.0 Å². The van der Waals surface area contributed by atoms with E-state index in [0.29, 0.717) is 18.4 Å². The van der Waals surface area contributed by atoms with Crippen molar-refractivity contribution in [2.45, 2.75) is 116 Å². The predicted molar refractivity (Wildman–Crippen MR) is 148 cm³/mol. The lowest BCUT2D eigenvalue weighted by molar-refractivity contribution is -0.204. The van der Waals surface area contributed by atoms with Crippen molar-refractivity contribution in [3.8, 4) is 0 Å². The van der Waals surface area contributed by atoms with Crippen molar-refractivity contribution in [2.75, 3.05) is 13.7 Å². The monoisotopic (exact) mass is 560 g/mol. The Balaban J connectivity index is 1.23. The summed E-state index contributed by atoms with van der Waals surface area (Å²) in [7, 11) is 1.29. The quantitative estimate of drug-likeness (QED) is 0.312. The van der Waals surface area contributed by atoms with Gasteiger partial charge in [0.15, 0.2) is 6.29 Å². The van der Waals surface area contributed by atoms with Gasteiger partial charge in [-0.25, -0.2) is 9.59 Å². The number of rotatable bonds is 7. The summed E-state index contributed by atoms with van der Waals surface area (Å²) in [4.78, 5) is 23.3. The molecule has 0 aromatic heterocycles. The number of aliphatic hydroxyl groups is 1. The SMILES string of the molecule is COC(=O)OC1C=CC(OC(C)CCC2(C)C(C)CCC3C2CCC2(C)C(C4=CC(=O)OC4)CCC32O)OC1C. The minimum absolute atomic E-state index is 0.0102. The lowest BCUT2D eigenvalue weighted by atomic mass is 9.44. The molecule has 0 aromatic carbocycles. The third kappa shape index (κ3) is 5.02. The summed E-state index contributed by atoms with van der Waals surface area (Å²) >= 11 is 0. The average Bonchev–Trinajstić information content (AvgIpc) is 3.46. The summed E-state index contributed by atoms with van der Waals surface area (Å²) in [5.41, 5.74) is 0.257. The van der Waals surface area contributed by atoms with E-state index in [-0.39, 0.29) is 40.8 Å². The minimum atomic E-state index is -0.730. The van der Waals surface area contributed by atoms with Crippen LogP contribution in [-0.2, 0) is 28.5 Å². The van der Waals surface area contributed by atoms with Crippen molar-refractivity contribution in [3.63, 3.8) is 0 Å². The number of esters is 1. The second kappa shape index (κ2) is 11.1. The maximum atomic E-state index is 12.5. The molecular formula is C32H48O8. The molecule has 40 heavy (non-hydrogen) atoms. The molecule has 1 N–H and O–H groups in total. The molecule has 3 fully saturated rings. The highest BCUT2D eigenvalue weighted by Crippen LogP contribution is 2.69. The fraction of sp³-hybridized carbons (Fsp3) is 0.812. The topological polar surface area (TPSA) is 101 Å². The number of carbonyl (C=O) groups excluding carboxylic acids is 2. The molecule has 0 amide bonds. The van der Waals surface area contributed by atoms with Crippen LogP contribution in [0.5, 0.6) is 0 Å². The average molecular weight is 561 g/mol. The summed E-state index contributed by atoms with van der Waals surface area (Å²) < 4.78 is 27.3. The standard InChI is InChI=1S/C32H48O8/c1-19-7-8-25-24(12-15-31(5)23(13-16-32(25,31)35)22-17-27(33)37-18-22)30(19,4)14-11-20(2)38-28-10-9-26(21(3)39-28)40-29(34)36-6/h9-10,17,19-21,23-26,28,35H,7-8,11-16,18H2,1-6H3. The Morgan fingerprint density at radius 3 is 2.58 bits per heavy atom. The van der Waals surface area contributed by atoms with Gasteiger partial charge < -0.3 is 28.8 Å². The molecule has 5 rings (SSSR count). The van der Waals surface area contributed by atoms with Crippen molar-refractivity contribution in [1.29, 1.82) is 0 Å². The summed E-state index contributed by atoms with van der Waals surface area (Å²) in [6.45, 7) is 11.4. The maximum Gasteiger partial charge on any atom is 0.508 e. The van der Waals surface area contributed by atoms with E-state index in [4.69, 9.17) is 18.9 Å². The van der Waals surface area contributed by atoms with Gasteiger partial charge in [0.25, 0.3) is 0 Å². The Morgan fingerprint density at radius 2 is 1.90 bits per heavy atom. The van der Waals surface area contributed by atoms with Gasteiger partial charge in [0.1, 0.15) is 12.7 Å². The molecule has 5 aliphatic rings. The summed E-state index contributed by atoms with van der Waals surface area (Å²) in [5.74, 6) is 1.27. The van der Waals surface area contributed by atoms with Crippen molar-refractivity contribution in [1.82, 2.24) is 0 Å². The van der Waals surface area contributed by atoms with Crippen LogP contribution in [0.3, 0.4) is 0 Å². The van der Waals surface area contributed by atoms with Gasteiger partial charge in [-0.2, -0.15) is 0 Å². The Morgan fingerprint density at radius 1 is 1.12 bits per heavy atom. The zero-order valence-electron chi connectivity index (χ0n) is 25.0. The largest absolute Gasteiger partial charge is 0.508 e. The first-order chi connectivity index (χ1) is 18.9. The molecule has 0 radical (unpaired) electrons. The molecule has 8 heteroatoms. The van der Waals surface area contributed by atoms with E-state index in [9.17, 15) is 14.7 Å². The van der Waals surface area contributed by atoms with Crippen molar-refractivity contribution in [3.05, 3.63) is 23.8 Å². The van der Waals surface area contributed by atoms with E-state index < -0.39 is 24.2 Å². The number of cyclic esters (lactones) is 1. The fourth-order valence-corrected chi connectivity index (χ4v) is 9.10. The molecule has 3 aliphatic carbocycles. The zero-order chi connectivity index (χ0) is 28.9. The molecule has 8 nitrogen and oxygen atoms in total. The van der Waals surface area contributed by atoms with Crippen molar-refractivity contribution in [2.24, 2.45) is 34.5 Å². The van der Waals surface area contributed by atoms with Gasteiger partial charge in [-0.1, -0.05) is 20.8 Å². The number of methoxy groups -OCH3 is 1. The van der Waals surface area contributed by atoms with E-state index in [1.807, 2.05) is 6.92 Å². The Labute approximate surface area is 238 Å². The van der Waals surface area contributed by atoms with Gasteiger partial charge >= 0.3 is 12.1 Å². The van der Waals surface area contributed by atoms with Gasteiger partial charge in [-0.05, 0) is 112 Å². The van der Waals surface area contributed by atoms with Crippen molar-refractivity contribution < 1.29 is 38.4 Å². The Hall–Kier alpha value is -1.90. The fourth-order valence-electron chi connectivity index (χ4n) is 9.10. The lowest BCUT2D eigenvalue weighted by Crippen LogP contribution is -2.61. The Bertz CT molecular complexity index is 1040. The molecule has 0 spiro atoms. The zero-order valence-corrected chi connectivity index (χ0v) is 25.0. The third-order valence-electron chi connectivity index (χ3n) is 11.8. The number of fused-ring (bicyclic) bond motifs is 3. The van der Waals surface area contributed by atoms with Gasteiger partial charge in [0.05, 0.1) is 24.9 Å². The Kier molecular flexibility index (Phi) is 8.19. The van der Waals surface area contributed by atoms with Crippen molar-refractivity contribution >= 4 is 12.1 Å². The van der Waals surface area contributed by atoms with E-state index in [1.165, 1.54) is 7.11 Å². The molecule has 0 saturated heterocycles. The highest BCUT2D eigenvalue weighted by Gasteiger charge is 2.67. The normalized spacial score (nSPS) is 45.2. The molecule has 11 unspecified atom stereocenters. The summed E-state index contributed by atoms with van der Waals surface area (Å²) in [6, 6.07) is 0. The minimum Gasteiger partial charge on any atom is -0.458 e. The molecule has 224 valence electrons. The van der Waals surface area contributed by atoms with Gasteiger partial charge in [0, 0.05) is 11.5 Å². The van der Waals surface area contributed by atoms with E-state index in [2.05, 4.69) is 32.4 Å². The van der Waals surface area contributed by atoms with Gasteiger partial charge in [-0.15, -0.1) is 0 Å². The second-order valence-electron chi connectivity index (χ2n) is 13.6. The highest BCUT2D eigenvalue weighted by molar-refractivity contribution is 5.85. The number of hydrogen-bond acceptors (Lipinski definition) is 8. The maximum absolute atomic E-state index is 12.5. The van der Waals surface area contributed by atoms with Crippen LogP contribution in [-0.4, -0.2) is 61.2 Å². The predicted octanol–water partition coefficient (Wildman–Crippen LogP) is 5.72. The lowest BCUT2D eigenvalue weighted by Gasteiger charge is -2.62. The second-order valence-corrected chi connectivity index (χ2v) is 13.6. The number of ether oxygens (including phenoxy) is 5. The van der Waals surface area contributed by atoms with E-state index in [0.717, 1.165) is 56.9 Å². The van der Waals surface area contributed by atoms with Crippen LogP contribution < -0.4 is 0 Å². The smallest absolute Gasteiger partial charge is 0.458 e. The molecular weight excluding hydrogens is 512 g/mol. The highest BCUT2D eigenvalue weighted by atomic mass is 16.7. The first kappa shape index (κ1) is 29.6. The van der Waals surface area contributed by atoms with Crippen LogP contribution >= 0.6 is 0 Å². The molecule has 2 heterocycles. The van der Waals surface area contributed by atoms with Gasteiger partial charge in [-0.3, -0.25) is 0 Å². The summed E-state index contributed by atoms with van der Waals surface area (Å²) in [5, 5.41) is 12.5. The first-order valence-electron chi connectivity index (χ1n) is 15.2. The molecule has 2 aliphatic heterocycles. The van der Waals surface area contributed by atoms with Crippen LogP contribution in [0.4, 0.5) is 4.79 Å². The first-order valence-corrected chi connectivity index (χ1v) is 15.2. The van der Waals surface area contributed by atoms with Crippen LogP contribution in [0.25, 0.3) is 0 Å². The molecule has 11 atom stereocenters. The van der Waals surface area contributed by atoms with Crippen LogP contribution in [0.15, 0.2) is 23.8 Å². The van der Waals surface area contributed by atoms with E-state index in [1.54, 1.807) is 18.2 Å². The van der Waals surface area contributed by atoms with Crippen LogP contribution in [0, 0.1) is 34.5 Å². The third-order valence-corrected chi connectivity index (χ3v) is 11.8. The molecule has 3 saturated carbocycles. The van der Waals surface area contributed by atoms with Gasteiger partial charge in [0.2, 0.25) is 0 Å². The summed E-state index contributed by atoms with van der Waals surface area (Å²) in [6.07, 6.45) is 11.1. The number of hydrogen-bond donors (Lipinski definition) is 1. The molecule has 0 bridgehead atoms. The molecule has 0 aromatic rings. The number of carbonyl (C=O) groups is 2.